The lowest BCUT2D eigenvalue weighted by Crippen LogP contribution is -2.20. The summed E-state index contributed by atoms with van der Waals surface area (Å²) in [5.74, 6) is -0.134. The average molecular weight is 320 g/mol. The summed E-state index contributed by atoms with van der Waals surface area (Å²) in [6.07, 6.45) is 3.84. The molecule has 0 atom stereocenters. The number of carbonyl (C=O) groups excluding carboxylic acids is 1. The molecule has 2 rings (SSSR count). The molecule has 0 aliphatic heterocycles. The lowest BCUT2D eigenvalue weighted by molar-refractivity contribution is -0.120. The van der Waals surface area contributed by atoms with Crippen molar-refractivity contribution in [3.63, 3.8) is 0 Å². The third kappa shape index (κ3) is 3.79. The van der Waals surface area contributed by atoms with Crippen molar-refractivity contribution >= 4 is 28.1 Å². The van der Waals surface area contributed by atoms with E-state index < -0.39 is 0 Å². The first-order valence-corrected chi connectivity index (χ1v) is 6.63. The van der Waals surface area contributed by atoms with Crippen LogP contribution in [0.15, 0.2) is 52.2 Å². The average Bonchev–Trinajstić information content (AvgIpc) is 2.77. The van der Waals surface area contributed by atoms with E-state index in [1.807, 2.05) is 54.2 Å². The minimum atomic E-state index is -0.134. The largest absolute Gasteiger partial charge is 0.354 e. The second kappa shape index (κ2) is 6.33. The highest BCUT2D eigenvalue weighted by Gasteiger charge is 2.04. The number of aromatic nitrogens is 1. The standard InChI is InChI=1S/C14H14BrN3O/c1-18-8-4-6-12(18)9-14(19)17-16-10-11-5-2-3-7-13(11)15/h2-8,10H,9H2,1H3,(H,17,19)/b16-10+. The first kappa shape index (κ1) is 13.5. The number of rotatable bonds is 4. The summed E-state index contributed by atoms with van der Waals surface area (Å²) >= 11 is 3.41. The third-order valence-electron chi connectivity index (χ3n) is 2.69. The first-order valence-electron chi connectivity index (χ1n) is 5.83. The van der Waals surface area contributed by atoms with Crippen molar-refractivity contribution in [2.45, 2.75) is 6.42 Å². The molecule has 0 aliphatic carbocycles. The van der Waals surface area contributed by atoms with E-state index in [9.17, 15) is 4.79 Å². The SMILES string of the molecule is Cn1cccc1CC(=O)N/N=C/c1ccccc1Br. The normalized spacial score (nSPS) is 10.8. The van der Waals surface area contributed by atoms with Gasteiger partial charge in [0.15, 0.2) is 0 Å². The van der Waals surface area contributed by atoms with E-state index >= 15 is 0 Å². The van der Waals surface area contributed by atoms with Gasteiger partial charge < -0.3 is 4.57 Å². The van der Waals surface area contributed by atoms with Crippen LogP contribution in [0.25, 0.3) is 0 Å². The first-order chi connectivity index (χ1) is 9.16. The van der Waals surface area contributed by atoms with Crippen LogP contribution in [0.3, 0.4) is 0 Å². The van der Waals surface area contributed by atoms with Crippen LogP contribution in [0.4, 0.5) is 0 Å². The number of amides is 1. The Hall–Kier alpha value is -1.88. The molecule has 0 saturated carbocycles. The zero-order valence-corrected chi connectivity index (χ0v) is 12.1. The zero-order chi connectivity index (χ0) is 13.7. The molecule has 0 aliphatic rings. The van der Waals surface area contributed by atoms with Crippen LogP contribution in [0, 0.1) is 0 Å². The number of nitrogens with one attached hydrogen (secondary N) is 1. The Balaban J connectivity index is 1.91. The molecular formula is C14H14BrN3O. The van der Waals surface area contributed by atoms with Crippen molar-refractivity contribution in [1.29, 1.82) is 0 Å². The Kier molecular flexibility index (Phi) is 4.52. The summed E-state index contributed by atoms with van der Waals surface area (Å²) in [4.78, 5) is 11.7. The third-order valence-corrected chi connectivity index (χ3v) is 3.41. The van der Waals surface area contributed by atoms with Gasteiger partial charge in [-0.05, 0) is 18.2 Å². The highest BCUT2D eigenvalue weighted by atomic mass is 79.9. The van der Waals surface area contributed by atoms with Crippen LogP contribution in [-0.4, -0.2) is 16.7 Å². The van der Waals surface area contributed by atoms with Gasteiger partial charge in [-0.3, -0.25) is 4.79 Å². The van der Waals surface area contributed by atoms with Gasteiger partial charge >= 0.3 is 0 Å². The molecular weight excluding hydrogens is 306 g/mol. The monoisotopic (exact) mass is 319 g/mol. The molecule has 1 N–H and O–H groups in total. The number of benzene rings is 1. The Morgan fingerprint density at radius 1 is 1.37 bits per heavy atom. The fourth-order valence-corrected chi connectivity index (χ4v) is 2.02. The number of hydrogen-bond donors (Lipinski definition) is 1. The van der Waals surface area contributed by atoms with Gasteiger partial charge in [-0.1, -0.05) is 34.1 Å². The Morgan fingerprint density at radius 2 is 2.16 bits per heavy atom. The van der Waals surface area contributed by atoms with E-state index in [2.05, 4.69) is 26.5 Å². The second-order valence-corrected chi connectivity index (χ2v) is 4.96. The summed E-state index contributed by atoms with van der Waals surface area (Å²) < 4.78 is 2.85. The maximum Gasteiger partial charge on any atom is 0.245 e. The summed E-state index contributed by atoms with van der Waals surface area (Å²) in [5, 5.41) is 3.95. The number of hydrogen-bond acceptors (Lipinski definition) is 2. The number of aryl methyl sites for hydroxylation is 1. The van der Waals surface area contributed by atoms with Crippen LogP contribution in [0.1, 0.15) is 11.3 Å². The molecule has 0 bridgehead atoms. The van der Waals surface area contributed by atoms with Crippen molar-refractivity contribution in [2.75, 3.05) is 0 Å². The van der Waals surface area contributed by atoms with Gasteiger partial charge in [0.2, 0.25) is 5.91 Å². The van der Waals surface area contributed by atoms with Crippen LogP contribution in [0.5, 0.6) is 0 Å². The molecule has 1 aromatic heterocycles. The molecule has 0 unspecified atom stereocenters. The summed E-state index contributed by atoms with van der Waals surface area (Å²) in [7, 11) is 1.91. The van der Waals surface area contributed by atoms with Gasteiger partial charge in [0.25, 0.3) is 0 Å². The van der Waals surface area contributed by atoms with Gasteiger partial charge in [0.1, 0.15) is 0 Å². The Morgan fingerprint density at radius 3 is 2.84 bits per heavy atom. The highest BCUT2D eigenvalue weighted by Crippen LogP contribution is 2.13. The molecule has 2 aromatic rings. The second-order valence-electron chi connectivity index (χ2n) is 4.10. The number of hydrazone groups is 1. The summed E-state index contributed by atoms with van der Waals surface area (Å²) in [5.41, 5.74) is 4.39. The number of carbonyl (C=O) groups is 1. The quantitative estimate of drug-likeness (QED) is 0.683. The van der Waals surface area contributed by atoms with Crippen molar-refractivity contribution in [3.8, 4) is 0 Å². The van der Waals surface area contributed by atoms with Crippen molar-refractivity contribution < 1.29 is 4.79 Å². The molecule has 4 nitrogen and oxygen atoms in total. The minimum Gasteiger partial charge on any atom is -0.354 e. The molecule has 0 spiro atoms. The van der Waals surface area contributed by atoms with E-state index in [1.54, 1.807) is 6.21 Å². The fourth-order valence-electron chi connectivity index (χ4n) is 1.64. The van der Waals surface area contributed by atoms with E-state index in [-0.39, 0.29) is 5.91 Å². The van der Waals surface area contributed by atoms with Gasteiger partial charge in [0.05, 0.1) is 12.6 Å². The van der Waals surface area contributed by atoms with Crippen LogP contribution >= 0.6 is 15.9 Å². The Bertz CT molecular complexity index is 604. The fraction of sp³-hybridized carbons (Fsp3) is 0.143. The van der Waals surface area contributed by atoms with E-state index in [4.69, 9.17) is 0 Å². The number of halogens is 1. The smallest absolute Gasteiger partial charge is 0.245 e. The molecule has 0 radical (unpaired) electrons. The van der Waals surface area contributed by atoms with E-state index in [0.717, 1.165) is 15.7 Å². The topological polar surface area (TPSA) is 46.4 Å². The molecule has 1 amide bonds. The maximum absolute atomic E-state index is 11.7. The van der Waals surface area contributed by atoms with Crippen molar-refractivity contribution in [2.24, 2.45) is 12.1 Å². The molecule has 5 heteroatoms. The van der Waals surface area contributed by atoms with Crippen molar-refractivity contribution in [3.05, 3.63) is 58.3 Å². The molecule has 19 heavy (non-hydrogen) atoms. The molecule has 98 valence electrons. The van der Waals surface area contributed by atoms with Crippen molar-refractivity contribution in [1.82, 2.24) is 9.99 Å². The summed E-state index contributed by atoms with van der Waals surface area (Å²) in [6, 6.07) is 11.5. The summed E-state index contributed by atoms with van der Waals surface area (Å²) in [6.45, 7) is 0. The van der Waals surface area contributed by atoms with E-state index in [1.165, 1.54) is 0 Å². The lowest BCUT2D eigenvalue weighted by atomic mass is 10.2. The van der Waals surface area contributed by atoms with Gasteiger partial charge in [-0.2, -0.15) is 5.10 Å². The van der Waals surface area contributed by atoms with Crippen LogP contribution in [-0.2, 0) is 18.3 Å². The van der Waals surface area contributed by atoms with E-state index in [0.29, 0.717) is 6.42 Å². The van der Waals surface area contributed by atoms with Gasteiger partial charge in [0, 0.05) is 29.0 Å². The van der Waals surface area contributed by atoms with Crippen LogP contribution < -0.4 is 5.43 Å². The molecule has 0 saturated heterocycles. The molecule has 0 fully saturated rings. The van der Waals surface area contributed by atoms with Crippen LogP contribution in [0.2, 0.25) is 0 Å². The lowest BCUT2D eigenvalue weighted by Gasteiger charge is -2.02. The zero-order valence-electron chi connectivity index (χ0n) is 10.5. The predicted octanol–water partition coefficient (Wildman–Crippen LogP) is 2.48. The molecule has 1 heterocycles. The Labute approximate surface area is 120 Å². The predicted molar refractivity (Wildman–Crippen MR) is 79.0 cm³/mol. The molecule has 1 aromatic carbocycles. The highest BCUT2D eigenvalue weighted by molar-refractivity contribution is 9.10. The maximum atomic E-state index is 11.7. The van der Waals surface area contributed by atoms with Gasteiger partial charge in [-0.25, -0.2) is 5.43 Å². The minimum absolute atomic E-state index is 0.134. The number of nitrogens with zero attached hydrogens (tertiary/aromatic N) is 2. The van der Waals surface area contributed by atoms with Gasteiger partial charge in [-0.15, -0.1) is 0 Å².